The number of benzene rings is 2. The predicted molar refractivity (Wildman–Crippen MR) is 114 cm³/mol. The fourth-order valence-electron chi connectivity index (χ4n) is 3.05. The van der Waals surface area contributed by atoms with Crippen molar-refractivity contribution in [2.45, 2.75) is 25.8 Å². The summed E-state index contributed by atoms with van der Waals surface area (Å²) in [6, 6.07) is 10.6. The van der Waals surface area contributed by atoms with Gasteiger partial charge in [-0.15, -0.1) is 0 Å². The van der Waals surface area contributed by atoms with Crippen molar-refractivity contribution in [2.75, 3.05) is 34.9 Å². The summed E-state index contributed by atoms with van der Waals surface area (Å²) in [4.78, 5) is 4.25. The summed E-state index contributed by atoms with van der Waals surface area (Å²) < 4.78 is 30.3. The maximum atomic E-state index is 14.2. The van der Waals surface area contributed by atoms with Gasteiger partial charge >= 0.3 is 0 Å². The first-order chi connectivity index (χ1) is 13.9. The SMILES string of the molecule is CN=C(NCc1cc(OC)c(OC)c(OC)c1)NCC(C)(C)c1ccccc1F. The van der Waals surface area contributed by atoms with E-state index in [4.69, 9.17) is 14.2 Å². The molecule has 0 fully saturated rings. The summed E-state index contributed by atoms with van der Waals surface area (Å²) in [5.41, 5.74) is 1.19. The van der Waals surface area contributed by atoms with Crippen LogP contribution in [-0.2, 0) is 12.0 Å². The lowest BCUT2D eigenvalue weighted by atomic mass is 9.84. The zero-order valence-corrected chi connectivity index (χ0v) is 17.9. The zero-order chi connectivity index (χ0) is 21.4. The van der Waals surface area contributed by atoms with Gasteiger partial charge in [0.2, 0.25) is 5.75 Å². The lowest BCUT2D eigenvalue weighted by molar-refractivity contribution is 0.323. The highest BCUT2D eigenvalue weighted by atomic mass is 19.1. The normalized spacial score (nSPS) is 11.8. The largest absolute Gasteiger partial charge is 0.493 e. The van der Waals surface area contributed by atoms with Crippen LogP contribution < -0.4 is 24.8 Å². The first kappa shape index (κ1) is 22.3. The Morgan fingerprint density at radius 2 is 1.62 bits per heavy atom. The number of aliphatic imine (C=N–C) groups is 1. The number of hydrogen-bond donors (Lipinski definition) is 2. The summed E-state index contributed by atoms with van der Waals surface area (Å²) in [5, 5.41) is 6.53. The van der Waals surface area contributed by atoms with E-state index in [9.17, 15) is 4.39 Å². The van der Waals surface area contributed by atoms with Crippen LogP contribution in [-0.4, -0.2) is 40.9 Å². The molecule has 0 saturated carbocycles. The van der Waals surface area contributed by atoms with Gasteiger partial charge < -0.3 is 24.8 Å². The molecule has 0 aliphatic rings. The van der Waals surface area contributed by atoms with E-state index in [1.54, 1.807) is 34.4 Å². The molecule has 0 bridgehead atoms. The number of ether oxygens (including phenoxy) is 3. The van der Waals surface area contributed by atoms with Gasteiger partial charge in [-0.05, 0) is 29.3 Å². The van der Waals surface area contributed by atoms with Crippen molar-refractivity contribution < 1.29 is 18.6 Å². The Bertz CT molecular complexity index is 828. The third-order valence-corrected chi connectivity index (χ3v) is 4.71. The number of rotatable bonds is 8. The Labute approximate surface area is 172 Å². The van der Waals surface area contributed by atoms with Gasteiger partial charge in [-0.1, -0.05) is 32.0 Å². The number of methoxy groups -OCH3 is 3. The summed E-state index contributed by atoms with van der Waals surface area (Å²) in [5.74, 6) is 2.13. The minimum atomic E-state index is -0.407. The van der Waals surface area contributed by atoms with Gasteiger partial charge in [-0.25, -0.2) is 4.39 Å². The molecule has 0 unspecified atom stereocenters. The summed E-state index contributed by atoms with van der Waals surface area (Å²) in [7, 11) is 6.43. The lowest BCUT2D eigenvalue weighted by Crippen LogP contribution is -2.43. The molecule has 29 heavy (non-hydrogen) atoms. The molecule has 0 atom stereocenters. The van der Waals surface area contributed by atoms with Gasteiger partial charge in [0.15, 0.2) is 17.5 Å². The maximum Gasteiger partial charge on any atom is 0.203 e. The van der Waals surface area contributed by atoms with Gasteiger partial charge in [-0.3, -0.25) is 4.99 Å². The monoisotopic (exact) mass is 403 g/mol. The van der Waals surface area contributed by atoms with Crippen molar-refractivity contribution in [3.63, 3.8) is 0 Å². The molecule has 0 aromatic heterocycles. The van der Waals surface area contributed by atoms with E-state index in [1.807, 2.05) is 38.1 Å². The maximum absolute atomic E-state index is 14.2. The standard InChI is InChI=1S/C22H30FN3O3/c1-22(2,16-9-7-8-10-17(16)23)14-26-21(24-3)25-13-15-11-18(27-4)20(29-6)19(12-15)28-5/h7-12H,13-14H2,1-6H3,(H2,24,25,26). The third kappa shape index (κ3) is 5.53. The van der Waals surface area contributed by atoms with Crippen LogP contribution in [0.4, 0.5) is 4.39 Å². The van der Waals surface area contributed by atoms with Gasteiger partial charge in [0, 0.05) is 25.6 Å². The van der Waals surface area contributed by atoms with Crippen molar-refractivity contribution in [3.05, 3.63) is 53.3 Å². The highest BCUT2D eigenvalue weighted by Crippen LogP contribution is 2.38. The van der Waals surface area contributed by atoms with E-state index >= 15 is 0 Å². The summed E-state index contributed by atoms with van der Waals surface area (Å²) in [6.07, 6.45) is 0. The van der Waals surface area contributed by atoms with E-state index in [0.717, 1.165) is 5.56 Å². The minimum absolute atomic E-state index is 0.209. The fraction of sp³-hybridized carbons (Fsp3) is 0.409. The Morgan fingerprint density at radius 1 is 1.00 bits per heavy atom. The average Bonchev–Trinajstić information content (AvgIpc) is 2.73. The molecule has 0 amide bonds. The molecule has 7 heteroatoms. The second-order valence-corrected chi connectivity index (χ2v) is 7.18. The highest BCUT2D eigenvalue weighted by molar-refractivity contribution is 5.79. The third-order valence-electron chi connectivity index (χ3n) is 4.71. The molecule has 0 aliphatic heterocycles. The lowest BCUT2D eigenvalue weighted by Gasteiger charge is -2.27. The van der Waals surface area contributed by atoms with Crippen LogP contribution >= 0.6 is 0 Å². The van der Waals surface area contributed by atoms with Crippen molar-refractivity contribution in [3.8, 4) is 17.2 Å². The number of hydrogen-bond acceptors (Lipinski definition) is 4. The molecule has 6 nitrogen and oxygen atoms in total. The average molecular weight is 403 g/mol. The van der Waals surface area contributed by atoms with Crippen LogP contribution in [0.1, 0.15) is 25.0 Å². The van der Waals surface area contributed by atoms with E-state index in [1.165, 1.54) is 6.07 Å². The van der Waals surface area contributed by atoms with Gasteiger partial charge in [0.1, 0.15) is 5.82 Å². The van der Waals surface area contributed by atoms with E-state index in [2.05, 4.69) is 15.6 Å². The van der Waals surface area contributed by atoms with Gasteiger partial charge in [0.25, 0.3) is 0 Å². The summed E-state index contributed by atoms with van der Waals surface area (Å²) >= 11 is 0. The van der Waals surface area contributed by atoms with Gasteiger partial charge in [-0.2, -0.15) is 0 Å². The van der Waals surface area contributed by atoms with Crippen LogP contribution in [0.2, 0.25) is 0 Å². The van der Waals surface area contributed by atoms with Crippen LogP contribution in [0.5, 0.6) is 17.2 Å². The molecule has 158 valence electrons. The van der Waals surface area contributed by atoms with E-state index in [-0.39, 0.29) is 5.82 Å². The quantitative estimate of drug-likeness (QED) is 0.522. The van der Waals surface area contributed by atoms with Crippen molar-refractivity contribution in [1.29, 1.82) is 0 Å². The molecule has 2 aromatic carbocycles. The predicted octanol–water partition coefficient (Wildman–Crippen LogP) is 3.49. The van der Waals surface area contributed by atoms with Crippen LogP contribution in [0.3, 0.4) is 0 Å². The number of nitrogens with one attached hydrogen (secondary N) is 2. The van der Waals surface area contributed by atoms with E-state index < -0.39 is 5.41 Å². The smallest absolute Gasteiger partial charge is 0.203 e. The molecule has 0 radical (unpaired) electrons. The molecule has 0 aliphatic carbocycles. The zero-order valence-electron chi connectivity index (χ0n) is 17.9. The second kappa shape index (κ2) is 10.0. The number of nitrogens with zero attached hydrogens (tertiary/aromatic N) is 1. The minimum Gasteiger partial charge on any atom is -0.493 e. The van der Waals surface area contributed by atoms with Crippen LogP contribution in [0.15, 0.2) is 41.4 Å². The van der Waals surface area contributed by atoms with Crippen molar-refractivity contribution in [2.24, 2.45) is 4.99 Å². The Kier molecular flexibility index (Phi) is 7.70. The molecular weight excluding hydrogens is 373 g/mol. The molecule has 2 N–H and O–H groups in total. The number of halogens is 1. The Morgan fingerprint density at radius 3 is 2.14 bits per heavy atom. The molecule has 0 saturated heterocycles. The van der Waals surface area contributed by atoms with Gasteiger partial charge in [0.05, 0.1) is 21.3 Å². The summed E-state index contributed by atoms with van der Waals surface area (Å²) in [6.45, 7) is 5.00. The first-order valence-electron chi connectivity index (χ1n) is 9.34. The number of guanidine groups is 1. The fourth-order valence-corrected chi connectivity index (χ4v) is 3.05. The highest BCUT2D eigenvalue weighted by Gasteiger charge is 2.24. The molecular formula is C22H30FN3O3. The Hall–Kier alpha value is -2.96. The van der Waals surface area contributed by atoms with Crippen molar-refractivity contribution >= 4 is 5.96 Å². The topological polar surface area (TPSA) is 64.1 Å². The van der Waals surface area contributed by atoms with Crippen LogP contribution in [0.25, 0.3) is 0 Å². The first-order valence-corrected chi connectivity index (χ1v) is 9.34. The van der Waals surface area contributed by atoms with E-state index in [0.29, 0.717) is 41.9 Å². The molecule has 0 spiro atoms. The second-order valence-electron chi connectivity index (χ2n) is 7.18. The molecule has 2 rings (SSSR count). The Balaban J connectivity index is 2.05. The van der Waals surface area contributed by atoms with Crippen LogP contribution in [0, 0.1) is 5.82 Å². The molecule has 2 aromatic rings. The van der Waals surface area contributed by atoms with Crippen molar-refractivity contribution in [1.82, 2.24) is 10.6 Å². The molecule has 0 heterocycles.